The van der Waals surface area contributed by atoms with Crippen molar-refractivity contribution in [2.45, 2.75) is 26.7 Å². The molecule has 1 saturated carbocycles. The van der Waals surface area contributed by atoms with Crippen LogP contribution >= 0.6 is 11.6 Å². The highest BCUT2D eigenvalue weighted by Gasteiger charge is 2.49. The summed E-state index contributed by atoms with van der Waals surface area (Å²) in [6.07, 6.45) is 1.25. The van der Waals surface area contributed by atoms with Crippen molar-refractivity contribution in [3.63, 3.8) is 0 Å². The zero-order chi connectivity index (χ0) is 13.3. The summed E-state index contributed by atoms with van der Waals surface area (Å²) in [4.78, 5) is 12.1. The summed E-state index contributed by atoms with van der Waals surface area (Å²) in [5.41, 5.74) is 0.736. The highest BCUT2D eigenvalue weighted by molar-refractivity contribution is 6.33. The molecule has 0 unspecified atom stereocenters. The molecular weight excluding hydrogens is 248 g/mol. The Kier molecular flexibility index (Phi) is 3.32. The van der Waals surface area contributed by atoms with Gasteiger partial charge in [0.1, 0.15) is 5.41 Å². The Morgan fingerprint density at radius 2 is 2.22 bits per heavy atom. The van der Waals surface area contributed by atoms with Crippen LogP contribution in [0.2, 0.25) is 5.02 Å². The molecule has 1 aromatic rings. The summed E-state index contributed by atoms with van der Waals surface area (Å²) in [5, 5.41) is 12.4. The number of amides is 1. The summed E-state index contributed by atoms with van der Waals surface area (Å²) in [5.74, 6) is 0.192. The second-order valence-electron chi connectivity index (χ2n) is 5.14. The van der Waals surface area contributed by atoms with Crippen LogP contribution in [0.25, 0.3) is 0 Å². The van der Waals surface area contributed by atoms with Gasteiger partial charge in [-0.15, -0.1) is 0 Å². The molecule has 18 heavy (non-hydrogen) atoms. The van der Waals surface area contributed by atoms with E-state index in [9.17, 15) is 10.1 Å². The molecule has 1 aromatic carbocycles. The number of anilines is 1. The SMILES string of the molecule is Cc1ccc(NC(=O)C2(C#N)CC(C)C2)c(Cl)c1. The van der Waals surface area contributed by atoms with E-state index in [1.54, 1.807) is 12.1 Å². The number of aryl methyl sites for hydroxylation is 1. The smallest absolute Gasteiger partial charge is 0.244 e. The number of nitrogens with zero attached hydrogens (tertiary/aromatic N) is 1. The predicted molar refractivity (Wildman–Crippen MR) is 71.3 cm³/mol. The second kappa shape index (κ2) is 4.62. The van der Waals surface area contributed by atoms with Crippen molar-refractivity contribution >= 4 is 23.2 Å². The summed E-state index contributed by atoms with van der Waals surface area (Å²) >= 11 is 6.06. The van der Waals surface area contributed by atoms with E-state index < -0.39 is 5.41 Å². The molecule has 0 aliphatic heterocycles. The zero-order valence-electron chi connectivity index (χ0n) is 10.5. The van der Waals surface area contributed by atoms with Gasteiger partial charge in [0.15, 0.2) is 0 Å². The minimum Gasteiger partial charge on any atom is -0.323 e. The third-order valence-corrected chi connectivity index (χ3v) is 3.73. The van der Waals surface area contributed by atoms with Crippen LogP contribution in [-0.2, 0) is 4.79 Å². The van der Waals surface area contributed by atoms with Crippen molar-refractivity contribution in [3.05, 3.63) is 28.8 Å². The van der Waals surface area contributed by atoms with Gasteiger partial charge in [-0.1, -0.05) is 24.6 Å². The molecule has 0 aromatic heterocycles. The first-order valence-electron chi connectivity index (χ1n) is 5.96. The minimum atomic E-state index is -0.867. The van der Waals surface area contributed by atoms with Crippen LogP contribution in [0, 0.1) is 29.6 Å². The summed E-state index contributed by atoms with van der Waals surface area (Å²) in [7, 11) is 0. The normalized spacial score (nSPS) is 26.0. The molecule has 0 saturated heterocycles. The summed E-state index contributed by atoms with van der Waals surface area (Å²) in [6, 6.07) is 7.58. The monoisotopic (exact) mass is 262 g/mol. The van der Waals surface area contributed by atoms with Crippen molar-refractivity contribution in [2.75, 3.05) is 5.32 Å². The van der Waals surface area contributed by atoms with Gasteiger partial charge in [-0.05, 0) is 43.4 Å². The molecule has 1 amide bonds. The molecule has 1 N–H and O–H groups in total. The van der Waals surface area contributed by atoms with Gasteiger partial charge in [0, 0.05) is 0 Å². The van der Waals surface area contributed by atoms with Crippen LogP contribution in [0.4, 0.5) is 5.69 Å². The number of nitriles is 1. The van der Waals surface area contributed by atoms with Crippen LogP contribution < -0.4 is 5.32 Å². The first kappa shape index (κ1) is 12.9. The number of halogens is 1. The largest absolute Gasteiger partial charge is 0.323 e. The van der Waals surface area contributed by atoms with Crippen molar-refractivity contribution < 1.29 is 4.79 Å². The number of rotatable bonds is 2. The molecule has 1 fully saturated rings. The lowest BCUT2D eigenvalue weighted by atomic mass is 9.63. The van der Waals surface area contributed by atoms with Gasteiger partial charge >= 0.3 is 0 Å². The van der Waals surface area contributed by atoms with E-state index in [2.05, 4.69) is 11.4 Å². The maximum atomic E-state index is 12.1. The van der Waals surface area contributed by atoms with E-state index >= 15 is 0 Å². The highest BCUT2D eigenvalue weighted by Crippen LogP contribution is 2.45. The van der Waals surface area contributed by atoms with Crippen molar-refractivity contribution in [1.29, 1.82) is 5.26 Å². The lowest BCUT2D eigenvalue weighted by Gasteiger charge is -2.39. The zero-order valence-corrected chi connectivity index (χ0v) is 11.2. The Morgan fingerprint density at radius 1 is 1.56 bits per heavy atom. The minimum absolute atomic E-state index is 0.242. The van der Waals surface area contributed by atoms with Gasteiger partial charge in [0.25, 0.3) is 0 Å². The topological polar surface area (TPSA) is 52.9 Å². The Morgan fingerprint density at radius 3 is 2.72 bits per heavy atom. The Labute approximate surface area is 112 Å². The molecule has 1 aliphatic rings. The lowest BCUT2D eigenvalue weighted by molar-refractivity contribution is -0.128. The Bertz CT molecular complexity index is 527. The number of benzene rings is 1. The maximum absolute atomic E-state index is 12.1. The fourth-order valence-corrected chi connectivity index (χ4v) is 2.70. The first-order chi connectivity index (χ1) is 8.47. The fraction of sp³-hybridized carbons (Fsp3) is 0.429. The maximum Gasteiger partial charge on any atom is 0.244 e. The van der Waals surface area contributed by atoms with Crippen molar-refractivity contribution in [3.8, 4) is 6.07 Å². The van der Waals surface area contributed by atoms with E-state index in [0.29, 0.717) is 29.5 Å². The average molecular weight is 263 g/mol. The van der Waals surface area contributed by atoms with E-state index in [1.165, 1.54) is 0 Å². The van der Waals surface area contributed by atoms with Gasteiger partial charge in [-0.3, -0.25) is 4.79 Å². The molecular formula is C14H15ClN2O. The van der Waals surface area contributed by atoms with Crippen LogP contribution in [0.5, 0.6) is 0 Å². The first-order valence-corrected chi connectivity index (χ1v) is 6.33. The Hall–Kier alpha value is -1.53. The number of hydrogen-bond acceptors (Lipinski definition) is 2. The predicted octanol–water partition coefficient (Wildman–Crippen LogP) is 3.53. The Balaban J connectivity index is 2.15. The van der Waals surface area contributed by atoms with E-state index in [0.717, 1.165) is 5.56 Å². The quantitative estimate of drug-likeness (QED) is 0.886. The fourth-order valence-electron chi connectivity index (χ4n) is 2.42. The third kappa shape index (κ3) is 2.21. The van der Waals surface area contributed by atoms with Crippen LogP contribution in [0.3, 0.4) is 0 Å². The van der Waals surface area contributed by atoms with Gasteiger partial charge in [-0.25, -0.2) is 0 Å². The molecule has 0 radical (unpaired) electrons. The second-order valence-corrected chi connectivity index (χ2v) is 5.55. The molecule has 0 spiro atoms. The average Bonchev–Trinajstić information content (AvgIpc) is 2.28. The summed E-state index contributed by atoms with van der Waals surface area (Å²) in [6.45, 7) is 3.98. The van der Waals surface area contributed by atoms with Gasteiger partial charge in [0.2, 0.25) is 5.91 Å². The van der Waals surface area contributed by atoms with Gasteiger partial charge in [-0.2, -0.15) is 5.26 Å². The number of hydrogen-bond donors (Lipinski definition) is 1. The van der Waals surface area contributed by atoms with Gasteiger partial charge in [0.05, 0.1) is 16.8 Å². The molecule has 0 heterocycles. The van der Waals surface area contributed by atoms with Crippen molar-refractivity contribution in [2.24, 2.45) is 11.3 Å². The standard InChI is InChI=1S/C14H15ClN2O/c1-9-3-4-12(11(15)5-9)17-13(18)14(8-16)6-10(2)7-14/h3-5,10H,6-7H2,1-2H3,(H,17,18). The molecule has 94 valence electrons. The highest BCUT2D eigenvalue weighted by atomic mass is 35.5. The van der Waals surface area contributed by atoms with E-state index in [4.69, 9.17) is 11.6 Å². The van der Waals surface area contributed by atoms with Crippen molar-refractivity contribution in [1.82, 2.24) is 0 Å². The number of nitrogens with one attached hydrogen (secondary N) is 1. The van der Waals surface area contributed by atoms with Gasteiger partial charge < -0.3 is 5.32 Å². The molecule has 3 nitrogen and oxygen atoms in total. The number of carbonyl (C=O) groups is 1. The van der Waals surface area contributed by atoms with E-state index in [1.807, 2.05) is 19.9 Å². The van der Waals surface area contributed by atoms with Crippen LogP contribution in [-0.4, -0.2) is 5.91 Å². The third-order valence-electron chi connectivity index (χ3n) is 3.42. The van der Waals surface area contributed by atoms with E-state index in [-0.39, 0.29) is 5.91 Å². The molecule has 1 aliphatic carbocycles. The molecule has 0 bridgehead atoms. The molecule has 0 atom stereocenters. The molecule has 2 rings (SSSR count). The number of carbonyl (C=O) groups excluding carboxylic acids is 1. The van der Waals surface area contributed by atoms with Crippen LogP contribution in [0.15, 0.2) is 18.2 Å². The summed E-state index contributed by atoms with van der Waals surface area (Å²) < 4.78 is 0. The lowest BCUT2D eigenvalue weighted by Crippen LogP contribution is -2.45. The van der Waals surface area contributed by atoms with Crippen LogP contribution in [0.1, 0.15) is 25.3 Å². The molecule has 4 heteroatoms.